The second kappa shape index (κ2) is 7.58. The fraction of sp³-hybridized carbons (Fsp3) is 0.227. The highest BCUT2D eigenvalue weighted by Gasteiger charge is 2.30. The molecule has 5 nitrogen and oxygen atoms in total. The minimum absolute atomic E-state index is 0.169. The molecule has 1 heterocycles. The summed E-state index contributed by atoms with van der Waals surface area (Å²) < 4.78 is 22.2. The Morgan fingerprint density at radius 3 is 2.59 bits per heavy atom. The Labute approximate surface area is 158 Å². The van der Waals surface area contributed by atoms with E-state index >= 15 is 0 Å². The van der Waals surface area contributed by atoms with Gasteiger partial charge in [-0.25, -0.2) is 0 Å². The first kappa shape index (κ1) is 18.6. The van der Waals surface area contributed by atoms with E-state index in [2.05, 4.69) is 6.58 Å². The summed E-state index contributed by atoms with van der Waals surface area (Å²) >= 11 is 0. The van der Waals surface area contributed by atoms with Crippen molar-refractivity contribution in [3.05, 3.63) is 64.9 Å². The number of benzene rings is 2. The molecule has 0 saturated carbocycles. The molecule has 0 spiro atoms. The Morgan fingerprint density at radius 1 is 1.15 bits per heavy atom. The van der Waals surface area contributed by atoms with Crippen LogP contribution < -0.4 is 18.9 Å². The molecule has 1 aliphatic heterocycles. The number of allylic oxidation sites excluding steroid dienone is 1. The number of ketones is 1. The van der Waals surface area contributed by atoms with Gasteiger partial charge in [-0.15, -0.1) is 0 Å². The predicted octanol–water partition coefficient (Wildman–Crippen LogP) is 4.58. The molecule has 0 fully saturated rings. The van der Waals surface area contributed by atoms with Gasteiger partial charge in [-0.3, -0.25) is 4.79 Å². The quantitative estimate of drug-likeness (QED) is 0.553. The number of methoxy groups -OCH3 is 2. The van der Waals surface area contributed by atoms with Crippen molar-refractivity contribution in [2.45, 2.75) is 13.8 Å². The molecule has 0 atom stereocenters. The van der Waals surface area contributed by atoms with Gasteiger partial charge in [0.05, 0.1) is 19.8 Å². The molecular weight excluding hydrogens is 344 g/mol. The predicted molar refractivity (Wildman–Crippen MR) is 104 cm³/mol. The Balaban J connectivity index is 1.94. The topological polar surface area (TPSA) is 54.0 Å². The molecule has 3 rings (SSSR count). The SMILES string of the molecule is C=C(C)COc1ccc2c(c1C)O/C(=C\c1ccc(OC)cc1OC)C2=O. The number of fused-ring (bicyclic) bond motifs is 1. The summed E-state index contributed by atoms with van der Waals surface area (Å²) in [6.07, 6.45) is 1.68. The zero-order valence-electron chi connectivity index (χ0n) is 15.9. The molecule has 1 aliphatic rings. The van der Waals surface area contributed by atoms with Gasteiger partial charge in [0.25, 0.3) is 0 Å². The third-order valence-corrected chi connectivity index (χ3v) is 4.24. The third kappa shape index (κ3) is 3.67. The van der Waals surface area contributed by atoms with E-state index in [0.717, 1.165) is 16.7 Å². The lowest BCUT2D eigenvalue weighted by Gasteiger charge is -2.11. The summed E-state index contributed by atoms with van der Waals surface area (Å²) in [5.41, 5.74) is 2.95. The molecule has 0 bridgehead atoms. The van der Waals surface area contributed by atoms with Crippen LogP contribution in [0, 0.1) is 6.92 Å². The number of hydrogen-bond acceptors (Lipinski definition) is 5. The summed E-state index contributed by atoms with van der Waals surface area (Å²) in [6.45, 7) is 8.01. The van der Waals surface area contributed by atoms with Gasteiger partial charge in [0, 0.05) is 17.2 Å². The summed E-state index contributed by atoms with van der Waals surface area (Å²) in [7, 11) is 3.15. The molecule has 0 unspecified atom stereocenters. The number of rotatable bonds is 6. The minimum Gasteiger partial charge on any atom is -0.497 e. The lowest BCUT2D eigenvalue weighted by molar-refractivity contribution is 0.101. The average molecular weight is 366 g/mol. The van der Waals surface area contributed by atoms with Crippen LogP contribution in [0.25, 0.3) is 6.08 Å². The first-order valence-electron chi connectivity index (χ1n) is 8.51. The van der Waals surface area contributed by atoms with Gasteiger partial charge < -0.3 is 18.9 Å². The molecule has 140 valence electrons. The minimum atomic E-state index is -0.169. The van der Waals surface area contributed by atoms with Gasteiger partial charge >= 0.3 is 0 Å². The van der Waals surface area contributed by atoms with E-state index in [4.69, 9.17) is 18.9 Å². The van der Waals surface area contributed by atoms with Crippen LogP contribution in [0.3, 0.4) is 0 Å². The fourth-order valence-corrected chi connectivity index (χ4v) is 2.80. The summed E-state index contributed by atoms with van der Waals surface area (Å²) in [5.74, 6) is 2.54. The monoisotopic (exact) mass is 366 g/mol. The van der Waals surface area contributed by atoms with Gasteiger partial charge in [0.1, 0.15) is 29.6 Å². The van der Waals surface area contributed by atoms with Crippen molar-refractivity contribution >= 4 is 11.9 Å². The molecule has 5 heteroatoms. The van der Waals surface area contributed by atoms with E-state index in [1.165, 1.54) is 0 Å². The Bertz CT molecular complexity index is 940. The lowest BCUT2D eigenvalue weighted by Crippen LogP contribution is -2.00. The highest BCUT2D eigenvalue weighted by Crippen LogP contribution is 2.40. The Morgan fingerprint density at radius 2 is 1.93 bits per heavy atom. The zero-order valence-corrected chi connectivity index (χ0v) is 15.9. The van der Waals surface area contributed by atoms with Crippen molar-refractivity contribution in [3.63, 3.8) is 0 Å². The maximum absolute atomic E-state index is 12.7. The van der Waals surface area contributed by atoms with Gasteiger partial charge in [-0.05, 0) is 49.8 Å². The maximum atomic E-state index is 12.7. The van der Waals surface area contributed by atoms with Gasteiger partial charge in [0.2, 0.25) is 5.78 Å². The summed E-state index contributed by atoms with van der Waals surface area (Å²) in [6, 6.07) is 8.89. The van der Waals surface area contributed by atoms with Crippen molar-refractivity contribution < 1.29 is 23.7 Å². The molecular formula is C22H22O5. The van der Waals surface area contributed by atoms with E-state index < -0.39 is 0 Å². The zero-order chi connectivity index (χ0) is 19.6. The maximum Gasteiger partial charge on any atom is 0.231 e. The van der Waals surface area contributed by atoms with E-state index in [1.54, 1.807) is 44.6 Å². The van der Waals surface area contributed by atoms with Gasteiger partial charge in [-0.2, -0.15) is 0 Å². The van der Waals surface area contributed by atoms with Crippen molar-refractivity contribution in [1.29, 1.82) is 0 Å². The molecule has 0 radical (unpaired) electrons. The van der Waals surface area contributed by atoms with Crippen molar-refractivity contribution in [3.8, 4) is 23.0 Å². The molecule has 0 saturated heterocycles. The molecule has 0 aliphatic carbocycles. The normalized spacial score (nSPS) is 13.9. The molecule has 0 aromatic heterocycles. The molecule has 0 amide bonds. The molecule has 2 aromatic rings. The van der Waals surface area contributed by atoms with E-state index in [-0.39, 0.29) is 11.5 Å². The Hall–Kier alpha value is -3.21. The van der Waals surface area contributed by atoms with E-state index in [0.29, 0.717) is 35.2 Å². The molecule has 0 N–H and O–H groups in total. The van der Waals surface area contributed by atoms with Gasteiger partial charge in [-0.1, -0.05) is 6.58 Å². The standard InChI is InChI=1S/C22H22O5/c1-13(2)12-26-18-9-8-17-21(23)20(27-22(17)14(18)3)10-15-6-7-16(24-4)11-19(15)25-5/h6-11H,1,12H2,2-5H3/b20-10-. The number of ether oxygens (including phenoxy) is 4. The summed E-state index contributed by atoms with van der Waals surface area (Å²) in [5, 5.41) is 0. The smallest absolute Gasteiger partial charge is 0.231 e. The highest BCUT2D eigenvalue weighted by molar-refractivity contribution is 6.15. The van der Waals surface area contributed by atoms with Crippen molar-refractivity contribution in [2.24, 2.45) is 0 Å². The van der Waals surface area contributed by atoms with E-state index in [9.17, 15) is 4.79 Å². The van der Waals surface area contributed by atoms with Crippen LogP contribution in [0.1, 0.15) is 28.4 Å². The lowest BCUT2D eigenvalue weighted by atomic mass is 10.1. The molecule has 2 aromatic carbocycles. The van der Waals surface area contributed by atoms with Crippen LogP contribution in [0.15, 0.2) is 48.2 Å². The first-order chi connectivity index (χ1) is 12.9. The van der Waals surface area contributed by atoms with Crippen LogP contribution in [0.4, 0.5) is 0 Å². The van der Waals surface area contributed by atoms with Gasteiger partial charge in [0.15, 0.2) is 5.76 Å². The van der Waals surface area contributed by atoms with Crippen LogP contribution in [-0.4, -0.2) is 26.6 Å². The number of Topliss-reactive ketones (excluding diaryl/α,β-unsaturated/α-hetero) is 1. The van der Waals surface area contributed by atoms with Crippen LogP contribution in [0.5, 0.6) is 23.0 Å². The average Bonchev–Trinajstić information content (AvgIpc) is 2.98. The Kier molecular flexibility index (Phi) is 5.21. The second-order valence-corrected chi connectivity index (χ2v) is 6.36. The third-order valence-electron chi connectivity index (χ3n) is 4.24. The fourth-order valence-electron chi connectivity index (χ4n) is 2.80. The number of carbonyl (C=O) groups excluding carboxylic acids is 1. The molecule has 27 heavy (non-hydrogen) atoms. The van der Waals surface area contributed by atoms with Crippen molar-refractivity contribution in [2.75, 3.05) is 20.8 Å². The van der Waals surface area contributed by atoms with Crippen LogP contribution >= 0.6 is 0 Å². The first-order valence-corrected chi connectivity index (χ1v) is 8.51. The highest BCUT2D eigenvalue weighted by atomic mass is 16.5. The van der Waals surface area contributed by atoms with E-state index in [1.807, 2.05) is 19.9 Å². The van der Waals surface area contributed by atoms with Crippen molar-refractivity contribution in [1.82, 2.24) is 0 Å². The largest absolute Gasteiger partial charge is 0.497 e. The number of carbonyl (C=O) groups is 1. The van der Waals surface area contributed by atoms with Crippen LogP contribution in [-0.2, 0) is 0 Å². The van der Waals surface area contributed by atoms with Crippen LogP contribution in [0.2, 0.25) is 0 Å². The summed E-state index contributed by atoms with van der Waals surface area (Å²) in [4.78, 5) is 12.7. The number of hydrogen-bond donors (Lipinski definition) is 0. The second-order valence-electron chi connectivity index (χ2n) is 6.36.